The first-order chi connectivity index (χ1) is 30.4. The van der Waals surface area contributed by atoms with Crippen molar-refractivity contribution in [3.05, 3.63) is 69.9 Å². The zero-order valence-corrected chi connectivity index (χ0v) is 41.8. The first-order valence-corrected chi connectivity index (χ1v) is 29.5. The quantitative estimate of drug-likeness (QED) is 0.160. The number of carbonyl (C=O) groups is 2. The highest BCUT2D eigenvalue weighted by atomic mass is 32.2. The minimum absolute atomic E-state index is 0.218. The smallest absolute Gasteiger partial charge is 0.164 e. The molecule has 10 rings (SSSR count). The van der Waals surface area contributed by atoms with Crippen molar-refractivity contribution in [2.75, 3.05) is 11.5 Å². The van der Waals surface area contributed by atoms with Crippen LogP contribution in [0, 0.1) is 70.0 Å². The number of sulfone groups is 2. The molecule has 0 N–H and O–H groups in total. The Morgan fingerprint density at radius 3 is 1.33 bits per heavy atom. The molecular weight excluding hydrogens is 833 g/mol. The zero-order chi connectivity index (χ0) is 45.3. The van der Waals surface area contributed by atoms with E-state index in [1.807, 2.05) is 12.2 Å². The van der Waals surface area contributed by atoms with Crippen molar-refractivity contribution < 1.29 is 26.4 Å². The van der Waals surface area contributed by atoms with Gasteiger partial charge in [0.25, 0.3) is 0 Å². The SMILES string of the molecule is C[C@H]1CCC2=C(C1)[C@@H](/C=C1\CCC[C@@]3(C)[C@H]1CC[C@H]3[C@H](C)/C=C/C(=O)C1CC1)S(=O)(=O)C2.C[C@H]1CCC2=C(C1)[C@H](/C=C1\CCC[C@@]3(C)[C@H]1CC[C@H]3[C@H](C)/C=C/C(=O)C1CC1)S(=O)(=O)C2. The van der Waals surface area contributed by atoms with Crippen LogP contribution in [-0.4, -0.2) is 50.4 Å². The number of allylic oxidation sites excluding steroid dienone is 6. The van der Waals surface area contributed by atoms with Gasteiger partial charge in [0.15, 0.2) is 31.2 Å². The van der Waals surface area contributed by atoms with Gasteiger partial charge >= 0.3 is 0 Å². The van der Waals surface area contributed by atoms with Crippen molar-refractivity contribution in [3.63, 3.8) is 0 Å². The van der Waals surface area contributed by atoms with Crippen molar-refractivity contribution in [1.82, 2.24) is 0 Å². The standard InChI is InChI=1S/2C28H40O3S/c2*1-18-6-8-22-17-32(30,31)27(23(22)15-18)16-21-5-4-14-28(3)24(11-12-25(21)28)19(2)7-13-26(29)20-9-10-20/h2*7,13,16,18-20,24-25,27H,4-6,8-12,14-15,17H2,1-3H3/b2*13-7+,21-16+/t18-,19+,24-,25-,27+,28+;18-,19+,24-,25-,27-,28+/m00/s1. The van der Waals surface area contributed by atoms with Crippen LogP contribution in [0.25, 0.3) is 0 Å². The van der Waals surface area contributed by atoms with Crippen molar-refractivity contribution in [2.24, 2.45) is 70.0 Å². The van der Waals surface area contributed by atoms with Crippen LogP contribution in [0.2, 0.25) is 0 Å². The molecule has 0 saturated heterocycles. The predicted molar refractivity (Wildman–Crippen MR) is 260 cm³/mol. The molecule has 0 amide bonds. The summed E-state index contributed by atoms with van der Waals surface area (Å²) in [6.07, 6.45) is 34.5. The molecule has 352 valence electrons. The van der Waals surface area contributed by atoms with E-state index in [4.69, 9.17) is 0 Å². The first-order valence-electron chi connectivity index (χ1n) is 26.1. The van der Waals surface area contributed by atoms with Gasteiger partial charge in [0.05, 0.1) is 11.5 Å². The largest absolute Gasteiger partial charge is 0.295 e. The maximum Gasteiger partial charge on any atom is 0.164 e. The molecule has 0 spiro atoms. The molecule has 12 atom stereocenters. The van der Waals surface area contributed by atoms with E-state index in [0.29, 0.717) is 82.3 Å². The topological polar surface area (TPSA) is 102 Å². The Labute approximate surface area is 387 Å². The summed E-state index contributed by atoms with van der Waals surface area (Å²) in [5, 5.41) is -0.713. The van der Waals surface area contributed by atoms with E-state index >= 15 is 0 Å². The maximum absolute atomic E-state index is 13.1. The van der Waals surface area contributed by atoms with Gasteiger partial charge in [-0.25, -0.2) is 16.8 Å². The Kier molecular flexibility index (Phi) is 13.1. The molecule has 6 fully saturated rings. The van der Waals surface area contributed by atoms with Crippen LogP contribution in [-0.2, 0) is 29.3 Å². The molecule has 2 aliphatic heterocycles. The lowest BCUT2D eigenvalue weighted by molar-refractivity contribution is -0.116. The summed E-state index contributed by atoms with van der Waals surface area (Å²) in [5.41, 5.74) is 8.23. The number of hydrogen-bond acceptors (Lipinski definition) is 6. The molecule has 0 unspecified atom stereocenters. The Morgan fingerprint density at radius 1 is 0.562 bits per heavy atom. The zero-order valence-electron chi connectivity index (χ0n) is 40.2. The molecule has 0 aromatic heterocycles. The van der Waals surface area contributed by atoms with Crippen molar-refractivity contribution in [2.45, 2.75) is 180 Å². The van der Waals surface area contributed by atoms with Gasteiger partial charge in [-0.3, -0.25) is 9.59 Å². The summed E-state index contributed by atoms with van der Waals surface area (Å²) in [6, 6.07) is 0. The lowest BCUT2D eigenvalue weighted by atomic mass is 9.61. The molecular formula is C56H80O6S2. The maximum atomic E-state index is 13.1. The molecule has 0 radical (unpaired) electrons. The van der Waals surface area contributed by atoms with E-state index in [-0.39, 0.29) is 21.3 Å². The van der Waals surface area contributed by atoms with E-state index in [1.54, 1.807) is 0 Å². The van der Waals surface area contributed by atoms with E-state index < -0.39 is 19.7 Å². The molecule has 10 aliphatic rings. The molecule has 6 nitrogen and oxygen atoms in total. The van der Waals surface area contributed by atoms with Gasteiger partial charge in [0, 0.05) is 11.8 Å². The first kappa shape index (κ1) is 46.8. The second kappa shape index (κ2) is 18.0. The van der Waals surface area contributed by atoms with Crippen LogP contribution in [0.15, 0.2) is 69.9 Å². The third-order valence-corrected chi connectivity index (χ3v) is 23.2. The van der Waals surface area contributed by atoms with E-state index in [2.05, 4.69) is 65.8 Å². The molecule has 0 bridgehead atoms. The molecule has 2 heterocycles. The van der Waals surface area contributed by atoms with Crippen LogP contribution in [0.5, 0.6) is 0 Å². The van der Waals surface area contributed by atoms with Gasteiger partial charge in [-0.2, -0.15) is 0 Å². The van der Waals surface area contributed by atoms with Crippen molar-refractivity contribution >= 4 is 31.2 Å². The number of fused-ring (bicyclic) bond motifs is 2. The molecule has 8 aliphatic carbocycles. The van der Waals surface area contributed by atoms with Crippen LogP contribution in [0.3, 0.4) is 0 Å². The van der Waals surface area contributed by atoms with Gasteiger partial charge < -0.3 is 0 Å². The second-order valence-electron chi connectivity index (χ2n) is 23.9. The second-order valence-corrected chi connectivity index (χ2v) is 28.1. The van der Waals surface area contributed by atoms with Crippen LogP contribution in [0.4, 0.5) is 0 Å². The number of hydrogen-bond donors (Lipinski definition) is 0. The highest BCUT2D eigenvalue weighted by molar-refractivity contribution is 7.93. The Morgan fingerprint density at radius 2 is 0.953 bits per heavy atom. The van der Waals surface area contributed by atoms with Gasteiger partial charge in [-0.1, -0.05) is 88.1 Å². The average molecular weight is 913 g/mol. The minimum Gasteiger partial charge on any atom is -0.295 e. The fraction of sp³-hybridized carbons (Fsp3) is 0.750. The fourth-order valence-electron chi connectivity index (χ4n) is 15.3. The monoisotopic (exact) mass is 913 g/mol. The lowest BCUT2D eigenvalue weighted by Crippen LogP contribution is -2.36. The molecule has 8 heteroatoms. The third kappa shape index (κ3) is 9.17. The highest BCUT2D eigenvalue weighted by Gasteiger charge is 2.53. The summed E-state index contributed by atoms with van der Waals surface area (Å²) in [6.45, 7) is 14.0. The van der Waals surface area contributed by atoms with E-state index in [0.717, 1.165) is 103 Å². The summed E-state index contributed by atoms with van der Waals surface area (Å²) >= 11 is 0. The normalized spacial score (nSPS) is 41.2. The predicted octanol–water partition coefficient (Wildman–Crippen LogP) is 12.4. The van der Waals surface area contributed by atoms with Crippen LogP contribution in [0.1, 0.15) is 170 Å². The highest BCUT2D eigenvalue weighted by Crippen LogP contribution is 2.61. The van der Waals surface area contributed by atoms with Gasteiger partial charge in [-0.15, -0.1) is 0 Å². The van der Waals surface area contributed by atoms with Gasteiger partial charge in [0.1, 0.15) is 10.5 Å². The molecule has 0 aromatic rings. The van der Waals surface area contributed by atoms with Crippen molar-refractivity contribution in [1.29, 1.82) is 0 Å². The number of ketones is 2. The molecule has 64 heavy (non-hydrogen) atoms. The third-order valence-electron chi connectivity index (χ3n) is 19.3. The van der Waals surface area contributed by atoms with Gasteiger partial charge in [-0.05, 0) is 210 Å². The van der Waals surface area contributed by atoms with Gasteiger partial charge in [0.2, 0.25) is 0 Å². The summed E-state index contributed by atoms with van der Waals surface area (Å²) in [7, 11) is -6.18. The molecule has 0 aromatic carbocycles. The van der Waals surface area contributed by atoms with Crippen LogP contribution < -0.4 is 0 Å². The minimum atomic E-state index is -3.09. The van der Waals surface area contributed by atoms with Crippen LogP contribution >= 0.6 is 0 Å². The fourth-order valence-corrected chi connectivity index (χ4v) is 19.5. The molecule has 6 saturated carbocycles. The number of carbonyl (C=O) groups excluding carboxylic acids is 2. The number of rotatable bonds is 10. The summed E-state index contributed by atoms with van der Waals surface area (Å²) in [5.74, 6) is 5.96. The van der Waals surface area contributed by atoms with E-state index in [1.165, 1.54) is 59.1 Å². The van der Waals surface area contributed by atoms with Crippen molar-refractivity contribution in [3.8, 4) is 0 Å². The summed E-state index contributed by atoms with van der Waals surface area (Å²) in [4.78, 5) is 24.3. The average Bonchev–Trinajstić information content (AvgIpc) is 4.17. The lowest BCUT2D eigenvalue weighted by Gasteiger charge is -2.44. The van der Waals surface area contributed by atoms with E-state index in [9.17, 15) is 26.4 Å². The Bertz CT molecular complexity index is 2120. The Hall–Kier alpha value is -2.32. The Balaban J connectivity index is 0.000000162. The summed E-state index contributed by atoms with van der Waals surface area (Å²) < 4.78 is 52.5.